The van der Waals surface area contributed by atoms with E-state index < -0.39 is 17.1 Å². The summed E-state index contributed by atoms with van der Waals surface area (Å²) in [6.45, 7) is 0.617. The number of rotatable bonds is 3. The quantitative estimate of drug-likeness (QED) is 0.615. The predicted molar refractivity (Wildman–Crippen MR) is 60.5 cm³/mol. The lowest BCUT2D eigenvalue weighted by atomic mass is 10.1. The fourth-order valence-corrected chi connectivity index (χ4v) is 1.80. The summed E-state index contributed by atoms with van der Waals surface area (Å²) in [4.78, 5) is 23.3. The topological polar surface area (TPSA) is 92.9 Å². The largest absolute Gasteiger partial charge is 0.361 e. The molecule has 1 unspecified atom stereocenters. The van der Waals surface area contributed by atoms with Crippen LogP contribution in [0.15, 0.2) is 24.3 Å². The van der Waals surface area contributed by atoms with Crippen molar-refractivity contribution in [1.82, 2.24) is 4.90 Å². The van der Waals surface area contributed by atoms with Gasteiger partial charge in [-0.2, -0.15) is 0 Å². The Morgan fingerprint density at radius 2 is 2.22 bits per heavy atom. The standard InChI is InChI=1S/C11H12N2O5/c14-10-11(15)18-6-5-12(10)7-8-3-1-2-4-9(8)13(16)17/h1-4,11,15H,5-7H2. The fourth-order valence-electron chi connectivity index (χ4n) is 1.80. The summed E-state index contributed by atoms with van der Waals surface area (Å²) in [5.41, 5.74) is 0.399. The third-order valence-corrected chi connectivity index (χ3v) is 2.71. The number of carbonyl (C=O) groups is 1. The number of nitrogens with zero attached hydrogens (tertiary/aromatic N) is 2. The van der Waals surface area contributed by atoms with Crippen molar-refractivity contribution in [2.24, 2.45) is 0 Å². The molecule has 1 aromatic carbocycles. The molecule has 1 aliphatic heterocycles. The Kier molecular flexibility index (Phi) is 3.54. The highest BCUT2D eigenvalue weighted by molar-refractivity contribution is 5.80. The molecule has 1 fully saturated rings. The van der Waals surface area contributed by atoms with Crippen LogP contribution in [0.25, 0.3) is 0 Å². The fraction of sp³-hybridized carbons (Fsp3) is 0.364. The van der Waals surface area contributed by atoms with Crippen molar-refractivity contribution in [2.45, 2.75) is 12.8 Å². The van der Waals surface area contributed by atoms with Crippen molar-refractivity contribution in [2.75, 3.05) is 13.2 Å². The van der Waals surface area contributed by atoms with E-state index >= 15 is 0 Å². The lowest BCUT2D eigenvalue weighted by molar-refractivity contribution is -0.385. The summed E-state index contributed by atoms with van der Waals surface area (Å²) in [5, 5.41) is 20.1. The molecule has 1 saturated heterocycles. The van der Waals surface area contributed by atoms with Gasteiger partial charge in [-0.3, -0.25) is 14.9 Å². The van der Waals surface area contributed by atoms with Gasteiger partial charge in [-0.15, -0.1) is 0 Å². The van der Waals surface area contributed by atoms with Gasteiger partial charge in [0.2, 0.25) is 6.29 Å². The second kappa shape index (κ2) is 5.11. The molecule has 1 atom stereocenters. The van der Waals surface area contributed by atoms with E-state index in [0.717, 1.165) is 0 Å². The summed E-state index contributed by atoms with van der Waals surface area (Å²) in [7, 11) is 0. The second-order valence-electron chi connectivity index (χ2n) is 3.87. The van der Waals surface area contributed by atoms with E-state index in [1.54, 1.807) is 18.2 Å². The Morgan fingerprint density at radius 1 is 1.50 bits per heavy atom. The van der Waals surface area contributed by atoms with Crippen molar-refractivity contribution < 1.29 is 19.6 Å². The Balaban J connectivity index is 2.18. The molecule has 0 aliphatic carbocycles. The maximum absolute atomic E-state index is 11.6. The second-order valence-corrected chi connectivity index (χ2v) is 3.87. The normalized spacial score (nSPS) is 19.9. The van der Waals surface area contributed by atoms with E-state index in [4.69, 9.17) is 4.74 Å². The summed E-state index contributed by atoms with van der Waals surface area (Å²) in [5.74, 6) is -0.570. The molecule has 18 heavy (non-hydrogen) atoms. The molecule has 0 bridgehead atoms. The van der Waals surface area contributed by atoms with E-state index in [1.807, 2.05) is 0 Å². The van der Waals surface area contributed by atoms with E-state index in [1.165, 1.54) is 11.0 Å². The van der Waals surface area contributed by atoms with Crippen LogP contribution in [-0.2, 0) is 16.1 Å². The molecule has 1 aromatic rings. The molecule has 0 spiro atoms. The number of carbonyl (C=O) groups excluding carboxylic acids is 1. The minimum atomic E-state index is -1.47. The van der Waals surface area contributed by atoms with Crippen molar-refractivity contribution in [3.05, 3.63) is 39.9 Å². The smallest absolute Gasteiger partial charge is 0.279 e. The van der Waals surface area contributed by atoms with Crippen LogP contribution in [0.4, 0.5) is 5.69 Å². The van der Waals surface area contributed by atoms with Gasteiger partial charge < -0.3 is 14.7 Å². The number of hydrogen-bond acceptors (Lipinski definition) is 5. The zero-order valence-electron chi connectivity index (χ0n) is 9.48. The summed E-state index contributed by atoms with van der Waals surface area (Å²) >= 11 is 0. The number of benzene rings is 1. The highest BCUT2D eigenvalue weighted by Crippen LogP contribution is 2.20. The molecule has 0 radical (unpaired) electrons. The Bertz CT molecular complexity index is 476. The molecule has 2 rings (SSSR count). The SMILES string of the molecule is O=C1C(O)OCCN1Cc1ccccc1[N+](=O)[O-]. The van der Waals surface area contributed by atoms with Crippen molar-refractivity contribution in [3.63, 3.8) is 0 Å². The van der Waals surface area contributed by atoms with Crippen molar-refractivity contribution >= 4 is 11.6 Å². The molecule has 7 nitrogen and oxygen atoms in total. The first-order valence-electron chi connectivity index (χ1n) is 5.40. The highest BCUT2D eigenvalue weighted by atomic mass is 16.6. The number of aliphatic hydroxyl groups is 1. The molecular formula is C11H12N2O5. The number of nitro benzene ring substituents is 1. The first kappa shape index (κ1) is 12.5. The van der Waals surface area contributed by atoms with Crippen LogP contribution in [0.3, 0.4) is 0 Å². The van der Waals surface area contributed by atoms with Gasteiger partial charge >= 0.3 is 0 Å². The molecule has 0 aromatic heterocycles. The lowest BCUT2D eigenvalue weighted by Crippen LogP contribution is -2.47. The van der Waals surface area contributed by atoms with E-state index in [9.17, 15) is 20.0 Å². The predicted octanol–water partition coefficient (Wildman–Crippen LogP) is 0.272. The van der Waals surface area contributed by atoms with Crippen LogP contribution in [0.1, 0.15) is 5.56 Å². The zero-order valence-corrected chi connectivity index (χ0v) is 9.48. The van der Waals surface area contributed by atoms with E-state index in [-0.39, 0.29) is 18.8 Å². The molecular weight excluding hydrogens is 240 g/mol. The Labute approximate surface area is 103 Å². The third-order valence-electron chi connectivity index (χ3n) is 2.71. The number of para-hydroxylation sites is 1. The maximum Gasteiger partial charge on any atom is 0.279 e. The van der Waals surface area contributed by atoms with Crippen LogP contribution >= 0.6 is 0 Å². The highest BCUT2D eigenvalue weighted by Gasteiger charge is 2.29. The lowest BCUT2D eigenvalue weighted by Gasteiger charge is -2.29. The number of nitro groups is 1. The van der Waals surface area contributed by atoms with E-state index in [0.29, 0.717) is 12.1 Å². The van der Waals surface area contributed by atoms with Crippen LogP contribution in [0.5, 0.6) is 0 Å². The van der Waals surface area contributed by atoms with E-state index in [2.05, 4.69) is 0 Å². The number of ether oxygens (including phenoxy) is 1. The first-order chi connectivity index (χ1) is 8.59. The van der Waals surface area contributed by atoms with Gasteiger partial charge in [0.1, 0.15) is 0 Å². The molecule has 1 heterocycles. The summed E-state index contributed by atoms with van der Waals surface area (Å²) in [6.07, 6.45) is -1.47. The maximum atomic E-state index is 11.6. The van der Waals surface area contributed by atoms with Crippen LogP contribution in [0, 0.1) is 10.1 Å². The van der Waals surface area contributed by atoms with Gasteiger partial charge in [-0.1, -0.05) is 18.2 Å². The van der Waals surface area contributed by atoms with Crippen molar-refractivity contribution in [1.29, 1.82) is 0 Å². The average Bonchev–Trinajstić information content (AvgIpc) is 2.35. The monoisotopic (exact) mass is 252 g/mol. The molecule has 7 heteroatoms. The molecule has 96 valence electrons. The zero-order chi connectivity index (χ0) is 13.1. The number of amides is 1. The van der Waals surface area contributed by atoms with Crippen LogP contribution in [-0.4, -0.2) is 40.3 Å². The van der Waals surface area contributed by atoms with Gasteiger partial charge in [-0.25, -0.2) is 0 Å². The number of hydrogen-bond donors (Lipinski definition) is 1. The van der Waals surface area contributed by atoms with Gasteiger partial charge in [0.05, 0.1) is 18.1 Å². The van der Waals surface area contributed by atoms with Crippen molar-refractivity contribution in [3.8, 4) is 0 Å². The summed E-state index contributed by atoms with van der Waals surface area (Å²) in [6, 6.07) is 6.21. The van der Waals surface area contributed by atoms with Gasteiger partial charge in [0.25, 0.3) is 11.6 Å². The van der Waals surface area contributed by atoms with Crippen LogP contribution < -0.4 is 0 Å². The Morgan fingerprint density at radius 3 is 2.94 bits per heavy atom. The minimum Gasteiger partial charge on any atom is -0.361 e. The Hall–Kier alpha value is -1.99. The number of aliphatic hydroxyl groups excluding tert-OH is 1. The molecule has 0 saturated carbocycles. The molecule has 1 N–H and O–H groups in total. The molecule has 1 amide bonds. The number of morpholine rings is 1. The first-order valence-corrected chi connectivity index (χ1v) is 5.40. The summed E-state index contributed by atoms with van der Waals surface area (Å²) < 4.78 is 4.77. The van der Waals surface area contributed by atoms with Gasteiger partial charge in [0, 0.05) is 18.2 Å². The van der Waals surface area contributed by atoms with Crippen LogP contribution in [0.2, 0.25) is 0 Å². The van der Waals surface area contributed by atoms with Gasteiger partial charge in [-0.05, 0) is 0 Å². The minimum absolute atomic E-state index is 0.0359. The third kappa shape index (κ3) is 2.47. The average molecular weight is 252 g/mol. The van der Waals surface area contributed by atoms with Gasteiger partial charge in [0.15, 0.2) is 0 Å². The molecule has 1 aliphatic rings.